The Hall–Kier alpha value is -2.99. The fourth-order valence-electron chi connectivity index (χ4n) is 3.84. The van der Waals surface area contributed by atoms with Gasteiger partial charge in [0.25, 0.3) is 0 Å². The molecule has 6 heteroatoms. The minimum absolute atomic E-state index is 0.0319. The third kappa shape index (κ3) is 3.43. The molecule has 1 aromatic heterocycles. The molecular weight excluding hydrogens is 355 g/mol. The molecule has 0 atom stereocenters. The minimum Gasteiger partial charge on any atom is -0.507 e. The summed E-state index contributed by atoms with van der Waals surface area (Å²) in [5.41, 5.74) is 9.49. The lowest BCUT2D eigenvalue weighted by Crippen LogP contribution is -2.27. The Bertz CT molecular complexity index is 1060. The molecule has 0 amide bonds. The van der Waals surface area contributed by atoms with Crippen molar-refractivity contribution >= 4 is 22.8 Å². The Morgan fingerprint density at radius 3 is 2.75 bits per heavy atom. The number of hydrogen-bond acceptors (Lipinski definition) is 5. The number of aromatic nitrogens is 1. The number of aliphatic imine (C=N–C) groups is 1. The van der Waals surface area contributed by atoms with Gasteiger partial charge in [-0.2, -0.15) is 0 Å². The number of nitrogens with two attached hydrogens (primary N) is 1. The summed E-state index contributed by atoms with van der Waals surface area (Å²) in [6.45, 7) is 1.83. The number of phenolic OH excluding ortho intramolecular Hbond substituents is 1. The van der Waals surface area contributed by atoms with E-state index in [1.54, 1.807) is 19.3 Å². The van der Waals surface area contributed by atoms with Gasteiger partial charge in [-0.25, -0.2) is 9.37 Å². The number of benzene rings is 2. The summed E-state index contributed by atoms with van der Waals surface area (Å²) in [6, 6.07) is 10.4. The van der Waals surface area contributed by atoms with Gasteiger partial charge in [-0.05, 0) is 55.6 Å². The number of nitrogen functional groups attached to an aromatic ring is 1. The van der Waals surface area contributed by atoms with Crippen LogP contribution in [0.2, 0.25) is 0 Å². The van der Waals surface area contributed by atoms with Gasteiger partial charge in [0, 0.05) is 47.6 Å². The van der Waals surface area contributed by atoms with Gasteiger partial charge in [0.1, 0.15) is 11.6 Å². The molecule has 3 aromatic rings. The van der Waals surface area contributed by atoms with Crippen molar-refractivity contribution in [1.29, 1.82) is 0 Å². The highest BCUT2D eigenvalue weighted by molar-refractivity contribution is 5.91. The van der Waals surface area contributed by atoms with Crippen molar-refractivity contribution in [3.8, 4) is 17.0 Å². The number of halogens is 1. The first kappa shape index (κ1) is 18.4. The van der Waals surface area contributed by atoms with Crippen LogP contribution >= 0.6 is 0 Å². The Labute approximate surface area is 163 Å². The Morgan fingerprint density at radius 2 is 2.00 bits per heavy atom. The second kappa shape index (κ2) is 7.56. The number of rotatable bonds is 3. The predicted molar refractivity (Wildman–Crippen MR) is 112 cm³/mol. The SMILES string of the molecule is CN=Cc1cc(-c2ccc3cc(C4CCNCC4)c(F)cc3n2)c(O)cc1N. The molecule has 144 valence electrons. The van der Waals surface area contributed by atoms with Crippen molar-refractivity contribution in [3.63, 3.8) is 0 Å². The predicted octanol–water partition coefficient (Wildman–Crippen LogP) is 3.84. The highest BCUT2D eigenvalue weighted by Crippen LogP contribution is 2.34. The molecule has 2 heterocycles. The average Bonchev–Trinajstić information content (AvgIpc) is 2.70. The van der Waals surface area contributed by atoms with Crippen molar-refractivity contribution in [2.24, 2.45) is 4.99 Å². The highest BCUT2D eigenvalue weighted by atomic mass is 19.1. The van der Waals surface area contributed by atoms with Gasteiger partial charge in [0.05, 0.1) is 11.2 Å². The van der Waals surface area contributed by atoms with Crippen LogP contribution in [0, 0.1) is 5.82 Å². The molecule has 0 aliphatic carbocycles. The van der Waals surface area contributed by atoms with E-state index >= 15 is 0 Å². The van der Waals surface area contributed by atoms with Gasteiger partial charge in [-0.3, -0.25) is 4.99 Å². The molecule has 4 rings (SSSR count). The maximum atomic E-state index is 14.8. The molecule has 0 unspecified atom stereocenters. The number of anilines is 1. The van der Waals surface area contributed by atoms with Crippen LogP contribution in [0.4, 0.5) is 10.1 Å². The molecule has 5 nitrogen and oxygen atoms in total. The number of hydrogen-bond donors (Lipinski definition) is 3. The number of pyridine rings is 1. The van der Waals surface area contributed by atoms with Gasteiger partial charge in [0.15, 0.2) is 0 Å². The summed E-state index contributed by atoms with van der Waals surface area (Å²) in [6.07, 6.45) is 3.51. The van der Waals surface area contributed by atoms with Gasteiger partial charge in [-0.15, -0.1) is 0 Å². The zero-order valence-corrected chi connectivity index (χ0v) is 15.7. The average molecular weight is 378 g/mol. The smallest absolute Gasteiger partial charge is 0.128 e. The summed E-state index contributed by atoms with van der Waals surface area (Å²) in [4.78, 5) is 8.57. The molecule has 28 heavy (non-hydrogen) atoms. The van der Waals surface area contributed by atoms with E-state index < -0.39 is 0 Å². The number of phenols is 1. The summed E-state index contributed by atoms with van der Waals surface area (Å²) in [5.74, 6) is 0.0520. The minimum atomic E-state index is -0.218. The van der Waals surface area contributed by atoms with Gasteiger partial charge >= 0.3 is 0 Å². The second-order valence-electron chi connectivity index (χ2n) is 7.17. The van der Waals surface area contributed by atoms with Crippen molar-refractivity contribution in [2.45, 2.75) is 18.8 Å². The molecule has 1 fully saturated rings. The zero-order valence-electron chi connectivity index (χ0n) is 15.7. The third-order valence-corrected chi connectivity index (χ3v) is 5.33. The Balaban J connectivity index is 1.77. The Morgan fingerprint density at radius 1 is 1.21 bits per heavy atom. The summed E-state index contributed by atoms with van der Waals surface area (Å²) in [7, 11) is 1.66. The molecule has 0 saturated carbocycles. The molecule has 1 aliphatic heterocycles. The number of nitrogens with zero attached hydrogens (tertiary/aromatic N) is 2. The second-order valence-corrected chi connectivity index (χ2v) is 7.17. The van der Waals surface area contributed by atoms with Crippen molar-refractivity contribution in [3.05, 3.63) is 53.3 Å². The lowest BCUT2D eigenvalue weighted by atomic mass is 9.89. The van der Waals surface area contributed by atoms with Crippen LogP contribution in [-0.4, -0.2) is 36.4 Å². The van der Waals surface area contributed by atoms with E-state index in [9.17, 15) is 9.50 Å². The largest absolute Gasteiger partial charge is 0.507 e. The van der Waals surface area contributed by atoms with E-state index in [2.05, 4.69) is 15.3 Å². The standard InChI is InChI=1S/C22H23FN4O/c1-25-12-15-9-17(22(28)11-19(15)24)20-3-2-14-8-16(13-4-6-26-7-5-13)18(23)10-21(14)27-20/h2-3,8-13,26,28H,4-7,24H2,1H3. The topological polar surface area (TPSA) is 83.5 Å². The number of piperidine rings is 1. The normalized spacial score (nSPS) is 15.5. The third-order valence-electron chi connectivity index (χ3n) is 5.33. The van der Waals surface area contributed by atoms with Crippen LogP contribution < -0.4 is 11.1 Å². The monoisotopic (exact) mass is 378 g/mol. The van der Waals surface area contributed by atoms with Crippen molar-refractivity contribution in [1.82, 2.24) is 10.3 Å². The van der Waals surface area contributed by atoms with E-state index in [0.717, 1.165) is 36.9 Å². The molecule has 0 spiro atoms. The first-order valence-corrected chi connectivity index (χ1v) is 9.42. The van der Waals surface area contributed by atoms with Crippen LogP contribution in [0.5, 0.6) is 5.75 Å². The summed E-state index contributed by atoms with van der Waals surface area (Å²) < 4.78 is 14.8. The van der Waals surface area contributed by atoms with Crippen molar-refractivity contribution < 1.29 is 9.50 Å². The number of fused-ring (bicyclic) bond motifs is 1. The zero-order chi connectivity index (χ0) is 19.7. The first-order chi connectivity index (χ1) is 13.6. The lowest BCUT2D eigenvalue weighted by Gasteiger charge is -2.23. The molecular formula is C22H23FN4O. The summed E-state index contributed by atoms with van der Waals surface area (Å²) in [5, 5.41) is 14.5. The fourth-order valence-corrected chi connectivity index (χ4v) is 3.84. The van der Waals surface area contributed by atoms with E-state index in [4.69, 9.17) is 5.73 Å². The molecule has 0 bridgehead atoms. The highest BCUT2D eigenvalue weighted by Gasteiger charge is 2.20. The lowest BCUT2D eigenvalue weighted by molar-refractivity contribution is 0.445. The van der Waals surface area contributed by atoms with E-state index in [0.29, 0.717) is 28.0 Å². The maximum absolute atomic E-state index is 14.8. The molecule has 1 aliphatic rings. The molecule has 0 radical (unpaired) electrons. The van der Waals surface area contributed by atoms with Gasteiger partial charge in [0.2, 0.25) is 0 Å². The molecule has 4 N–H and O–H groups in total. The van der Waals surface area contributed by atoms with Crippen LogP contribution in [0.25, 0.3) is 22.2 Å². The van der Waals surface area contributed by atoms with Crippen LogP contribution in [0.1, 0.15) is 29.9 Å². The molecule has 2 aromatic carbocycles. The van der Waals surface area contributed by atoms with E-state index in [1.807, 2.05) is 18.2 Å². The number of aromatic hydroxyl groups is 1. The van der Waals surface area contributed by atoms with Crippen LogP contribution in [-0.2, 0) is 0 Å². The van der Waals surface area contributed by atoms with Crippen LogP contribution in [0.3, 0.4) is 0 Å². The molecule has 1 saturated heterocycles. The van der Waals surface area contributed by atoms with E-state index in [1.165, 1.54) is 12.1 Å². The maximum Gasteiger partial charge on any atom is 0.128 e. The van der Waals surface area contributed by atoms with Crippen molar-refractivity contribution in [2.75, 3.05) is 25.9 Å². The number of nitrogens with one attached hydrogen (secondary N) is 1. The fraction of sp³-hybridized carbons (Fsp3) is 0.273. The van der Waals surface area contributed by atoms with Crippen LogP contribution in [0.15, 0.2) is 41.4 Å². The quantitative estimate of drug-likeness (QED) is 0.478. The first-order valence-electron chi connectivity index (χ1n) is 9.42. The summed E-state index contributed by atoms with van der Waals surface area (Å²) >= 11 is 0. The van der Waals surface area contributed by atoms with Gasteiger partial charge < -0.3 is 16.2 Å². The Kier molecular flexibility index (Phi) is 4.96. The van der Waals surface area contributed by atoms with Gasteiger partial charge in [-0.1, -0.05) is 6.07 Å². The van der Waals surface area contributed by atoms with E-state index in [-0.39, 0.29) is 17.5 Å².